The molecule has 1 aromatic carbocycles. The zero-order valence-corrected chi connectivity index (χ0v) is 16.4. The van der Waals surface area contributed by atoms with E-state index in [1.807, 2.05) is 0 Å². The van der Waals surface area contributed by atoms with E-state index in [1.54, 1.807) is 39.5 Å². The lowest BCUT2D eigenvalue weighted by atomic mass is 10.0. The van der Waals surface area contributed by atoms with Crippen LogP contribution in [0.5, 0.6) is 17.2 Å². The average Bonchev–Trinajstić information content (AvgIpc) is 3.02. The molecule has 0 saturated carbocycles. The standard InChI is InChI=1S/C19H24N2O4S/c1-12-6-5-7-21(11-12)19-20-18(22)17(26-19)9-13-8-15(24-3)16(25-4)10-14(13)23-2/h8-10,12H,5-7,11H2,1-4H3/b17-9+/t12-/m0/s1. The van der Waals surface area contributed by atoms with E-state index >= 15 is 0 Å². The Morgan fingerprint density at radius 1 is 1.15 bits per heavy atom. The van der Waals surface area contributed by atoms with Gasteiger partial charge in [0.2, 0.25) is 0 Å². The molecule has 0 bridgehead atoms. The van der Waals surface area contributed by atoms with E-state index in [2.05, 4.69) is 16.8 Å². The van der Waals surface area contributed by atoms with E-state index in [1.165, 1.54) is 18.2 Å². The minimum Gasteiger partial charge on any atom is -0.496 e. The number of likely N-dealkylation sites (tertiary alicyclic amines) is 1. The molecule has 0 unspecified atom stereocenters. The molecule has 1 fully saturated rings. The van der Waals surface area contributed by atoms with Crippen LogP contribution >= 0.6 is 11.8 Å². The number of methoxy groups -OCH3 is 3. The normalized spacial score (nSPS) is 21.8. The maximum Gasteiger partial charge on any atom is 0.286 e. The minimum absolute atomic E-state index is 0.208. The fraction of sp³-hybridized carbons (Fsp3) is 0.474. The van der Waals surface area contributed by atoms with E-state index in [0.29, 0.717) is 28.1 Å². The third kappa shape index (κ3) is 3.82. The highest BCUT2D eigenvalue weighted by atomic mass is 32.2. The molecular formula is C19H24N2O4S. The summed E-state index contributed by atoms with van der Waals surface area (Å²) in [5.41, 5.74) is 0.754. The topological polar surface area (TPSA) is 60.4 Å². The molecule has 0 aliphatic carbocycles. The molecule has 26 heavy (non-hydrogen) atoms. The summed E-state index contributed by atoms with van der Waals surface area (Å²) < 4.78 is 16.1. The number of thioether (sulfide) groups is 1. The van der Waals surface area contributed by atoms with Gasteiger partial charge in [0, 0.05) is 24.7 Å². The Bertz CT molecular complexity index is 760. The lowest BCUT2D eigenvalue weighted by Gasteiger charge is -2.31. The highest BCUT2D eigenvalue weighted by molar-refractivity contribution is 8.18. The molecule has 1 amide bonds. The van der Waals surface area contributed by atoms with Gasteiger partial charge >= 0.3 is 0 Å². The van der Waals surface area contributed by atoms with Gasteiger partial charge in [0.15, 0.2) is 16.7 Å². The number of hydrogen-bond acceptors (Lipinski definition) is 6. The van der Waals surface area contributed by atoms with Gasteiger partial charge in [-0.25, -0.2) is 0 Å². The van der Waals surface area contributed by atoms with Gasteiger partial charge in [0.05, 0.1) is 26.2 Å². The van der Waals surface area contributed by atoms with E-state index in [9.17, 15) is 4.79 Å². The van der Waals surface area contributed by atoms with Crippen LogP contribution in [-0.4, -0.2) is 50.4 Å². The molecular weight excluding hydrogens is 352 g/mol. The van der Waals surface area contributed by atoms with Gasteiger partial charge in [0.1, 0.15) is 5.75 Å². The third-order valence-corrected chi connectivity index (χ3v) is 5.60. The molecule has 2 heterocycles. The first-order chi connectivity index (χ1) is 12.5. The number of benzene rings is 1. The van der Waals surface area contributed by atoms with Crippen molar-refractivity contribution < 1.29 is 19.0 Å². The smallest absolute Gasteiger partial charge is 0.286 e. The van der Waals surface area contributed by atoms with Gasteiger partial charge in [-0.3, -0.25) is 4.79 Å². The Morgan fingerprint density at radius 3 is 2.50 bits per heavy atom. The van der Waals surface area contributed by atoms with Gasteiger partial charge in [0.25, 0.3) is 5.91 Å². The molecule has 0 aromatic heterocycles. The van der Waals surface area contributed by atoms with E-state index in [0.717, 1.165) is 30.2 Å². The van der Waals surface area contributed by atoms with Crippen LogP contribution in [0.25, 0.3) is 6.08 Å². The van der Waals surface area contributed by atoms with Crippen molar-refractivity contribution in [3.8, 4) is 17.2 Å². The van der Waals surface area contributed by atoms with Crippen molar-refractivity contribution in [2.45, 2.75) is 19.8 Å². The number of amides is 1. The monoisotopic (exact) mass is 376 g/mol. The van der Waals surface area contributed by atoms with E-state index in [4.69, 9.17) is 14.2 Å². The van der Waals surface area contributed by atoms with E-state index in [-0.39, 0.29) is 5.91 Å². The second kappa shape index (κ2) is 8.03. The Kier molecular flexibility index (Phi) is 5.76. The summed E-state index contributed by atoms with van der Waals surface area (Å²) in [6.45, 7) is 4.14. The van der Waals surface area contributed by atoms with Gasteiger partial charge < -0.3 is 19.1 Å². The fourth-order valence-corrected chi connectivity index (χ4v) is 4.14. The first-order valence-electron chi connectivity index (χ1n) is 8.63. The predicted molar refractivity (Wildman–Crippen MR) is 104 cm³/mol. The number of amidine groups is 1. The second-order valence-corrected chi connectivity index (χ2v) is 7.46. The molecule has 2 aliphatic heterocycles. The Labute approximate surface area is 158 Å². The van der Waals surface area contributed by atoms with Gasteiger partial charge in [-0.2, -0.15) is 4.99 Å². The van der Waals surface area contributed by atoms with Crippen molar-refractivity contribution in [2.75, 3.05) is 34.4 Å². The molecule has 3 rings (SSSR count). The number of carbonyl (C=O) groups is 1. The maximum absolute atomic E-state index is 12.4. The number of rotatable bonds is 4. The molecule has 0 spiro atoms. The van der Waals surface area contributed by atoms with Gasteiger partial charge in [-0.05, 0) is 42.7 Å². The second-order valence-electron chi connectivity index (χ2n) is 6.45. The number of hydrogen-bond donors (Lipinski definition) is 0. The van der Waals surface area contributed by atoms with Crippen LogP contribution in [0.3, 0.4) is 0 Å². The van der Waals surface area contributed by atoms with Crippen molar-refractivity contribution in [1.29, 1.82) is 0 Å². The molecule has 2 aliphatic rings. The Balaban J connectivity index is 1.86. The molecule has 6 nitrogen and oxygen atoms in total. The van der Waals surface area contributed by atoms with Gasteiger partial charge in [-0.15, -0.1) is 0 Å². The van der Waals surface area contributed by atoms with Crippen LogP contribution < -0.4 is 14.2 Å². The summed E-state index contributed by atoms with van der Waals surface area (Å²) in [6, 6.07) is 3.56. The molecule has 1 saturated heterocycles. The number of nitrogens with zero attached hydrogens (tertiary/aromatic N) is 2. The van der Waals surface area contributed by atoms with Gasteiger partial charge in [-0.1, -0.05) is 6.92 Å². The summed E-state index contributed by atoms with van der Waals surface area (Å²) in [6.07, 6.45) is 4.17. The van der Waals surface area contributed by atoms with Crippen molar-refractivity contribution in [3.05, 3.63) is 22.6 Å². The largest absolute Gasteiger partial charge is 0.496 e. The summed E-state index contributed by atoms with van der Waals surface area (Å²) in [5, 5.41) is 0.798. The van der Waals surface area contributed by atoms with Crippen molar-refractivity contribution in [3.63, 3.8) is 0 Å². The molecule has 0 N–H and O–H groups in total. The summed E-state index contributed by atoms with van der Waals surface area (Å²) in [5.74, 6) is 2.20. The van der Waals surface area contributed by atoms with Crippen LogP contribution in [0.2, 0.25) is 0 Å². The van der Waals surface area contributed by atoms with Crippen molar-refractivity contribution in [1.82, 2.24) is 4.90 Å². The zero-order valence-electron chi connectivity index (χ0n) is 15.6. The maximum atomic E-state index is 12.4. The minimum atomic E-state index is -0.208. The number of piperidine rings is 1. The van der Waals surface area contributed by atoms with Crippen LogP contribution in [0.4, 0.5) is 0 Å². The lowest BCUT2D eigenvalue weighted by molar-refractivity contribution is -0.113. The number of ether oxygens (including phenoxy) is 3. The van der Waals surface area contributed by atoms with Crippen LogP contribution in [0, 0.1) is 5.92 Å². The Morgan fingerprint density at radius 2 is 1.85 bits per heavy atom. The average molecular weight is 376 g/mol. The predicted octanol–water partition coefficient (Wildman–Crippen LogP) is 3.41. The van der Waals surface area contributed by atoms with Crippen molar-refractivity contribution >= 4 is 28.9 Å². The summed E-state index contributed by atoms with van der Waals surface area (Å²) in [7, 11) is 4.74. The first-order valence-corrected chi connectivity index (χ1v) is 9.45. The molecule has 7 heteroatoms. The summed E-state index contributed by atoms with van der Waals surface area (Å²) >= 11 is 1.42. The Hall–Kier alpha value is -2.15. The molecule has 1 atom stereocenters. The fourth-order valence-electron chi connectivity index (χ4n) is 3.20. The lowest BCUT2D eigenvalue weighted by Crippen LogP contribution is -2.37. The molecule has 140 valence electrons. The van der Waals surface area contributed by atoms with Crippen LogP contribution in [-0.2, 0) is 4.79 Å². The highest BCUT2D eigenvalue weighted by Gasteiger charge is 2.29. The van der Waals surface area contributed by atoms with Crippen molar-refractivity contribution in [2.24, 2.45) is 10.9 Å². The quantitative estimate of drug-likeness (QED) is 0.751. The van der Waals surface area contributed by atoms with Crippen LogP contribution in [0.15, 0.2) is 22.0 Å². The summed E-state index contributed by atoms with van der Waals surface area (Å²) in [4.78, 5) is 19.4. The number of aliphatic imine (C=N–C) groups is 1. The molecule has 0 radical (unpaired) electrons. The number of carbonyl (C=O) groups excluding carboxylic acids is 1. The first kappa shape index (κ1) is 18.6. The molecule has 1 aromatic rings. The van der Waals surface area contributed by atoms with Crippen LogP contribution in [0.1, 0.15) is 25.3 Å². The SMILES string of the molecule is COc1cc(OC)c(OC)cc1/C=C1/SC(N2CCC[C@H](C)C2)=NC1=O. The zero-order chi connectivity index (χ0) is 18.7. The van der Waals surface area contributed by atoms with E-state index < -0.39 is 0 Å². The third-order valence-electron chi connectivity index (χ3n) is 4.56. The highest BCUT2D eigenvalue weighted by Crippen LogP contribution is 2.38.